The zero-order chi connectivity index (χ0) is 31.7. The van der Waals surface area contributed by atoms with Gasteiger partial charge in [0.15, 0.2) is 0 Å². The molecule has 1 aromatic carbocycles. The number of nitrogens with one attached hydrogen (secondary N) is 1. The number of carbonyl (C=O) groups excluding carboxylic acids is 2. The number of ether oxygens (including phenoxy) is 1. The van der Waals surface area contributed by atoms with Gasteiger partial charge in [0.25, 0.3) is 0 Å². The standard InChI is InChI=1S/C34H49N5O4S/c1-6-32(4)19-27(33(5)22(2)10-12-34(23(3)30(32)42)13-11-26(40)29(33)34)43-28(41)21-44-25-9-7-8-24(18-25)20-37-38-31(35)39-16-14-36-15-17-39/h6-9,18,20,22-23,27,29-30,36,42H,1,10-17,19,21H2,2-5H3,(H2,35,38)/b37-20+/t22?,23-,27+,29?,30-,32+,33-,34?/m0/s1. The Kier molecular flexibility index (Phi) is 9.64. The van der Waals surface area contributed by atoms with E-state index in [9.17, 15) is 14.7 Å². The van der Waals surface area contributed by atoms with Crippen LogP contribution >= 0.6 is 11.8 Å². The maximum Gasteiger partial charge on any atom is 0.316 e. The number of rotatable bonds is 7. The van der Waals surface area contributed by atoms with Crippen LogP contribution in [0.2, 0.25) is 0 Å². The first kappa shape index (κ1) is 32.7. The second-order valence-corrected chi connectivity index (χ2v) is 14.9. The summed E-state index contributed by atoms with van der Waals surface area (Å²) in [5, 5.41) is 23.3. The first-order chi connectivity index (χ1) is 20.9. The molecule has 44 heavy (non-hydrogen) atoms. The summed E-state index contributed by atoms with van der Waals surface area (Å²) in [7, 11) is 0. The van der Waals surface area contributed by atoms with Crippen molar-refractivity contribution in [2.24, 2.45) is 49.9 Å². The van der Waals surface area contributed by atoms with Crippen LogP contribution in [0.4, 0.5) is 0 Å². The average molecular weight is 624 g/mol. The van der Waals surface area contributed by atoms with E-state index in [1.807, 2.05) is 42.2 Å². The summed E-state index contributed by atoms with van der Waals surface area (Å²) in [6, 6.07) is 7.75. The molecular weight excluding hydrogens is 574 g/mol. The molecule has 10 heteroatoms. The van der Waals surface area contributed by atoms with Gasteiger partial charge in [-0.2, -0.15) is 5.10 Å². The lowest BCUT2D eigenvalue weighted by Gasteiger charge is -2.61. The monoisotopic (exact) mass is 623 g/mol. The van der Waals surface area contributed by atoms with Crippen molar-refractivity contribution in [2.75, 3.05) is 31.9 Å². The number of nitrogens with two attached hydrogens (primary N) is 1. The third kappa shape index (κ3) is 5.97. The Hall–Kier alpha value is -2.69. The number of aliphatic hydroxyl groups is 1. The highest BCUT2D eigenvalue weighted by Crippen LogP contribution is 2.68. The number of guanidine groups is 1. The van der Waals surface area contributed by atoms with Crippen LogP contribution < -0.4 is 11.1 Å². The molecule has 0 radical (unpaired) electrons. The van der Waals surface area contributed by atoms with E-state index in [2.05, 4.69) is 42.9 Å². The molecule has 8 atom stereocenters. The van der Waals surface area contributed by atoms with Crippen LogP contribution in [0.25, 0.3) is 0 Å². The number of benzene rings is 1. The first-order valence-electron chi connectivity index (χ1n) is 16.0. The number of hydrogen-bond acceptors (Lipinski definition) is 8. The maximum absolute atomic E-state index is 13.6. The van der Waals surface area contributed by atoms with E-state index in [1.54, 1.807) is 6.21 Å². The summed E-state index contributed by atoms with van der Waals surface area (Å²) >= 11 is 1.40. The fraction of sp³-hybridized carbons (Fsp3) is 0.647. The van der Waals surface area contributed by atoms with Crippen molar-refractivity contribution in [3.05, 3.63) is 42.5 Å². The van der Waals surface area contributed by atoms with Gasteiger partial charge >= 0.3 is 5.97 Å². The van der Waals surface area contributed by atoms with Crippen LogP contribution in [0.15, 0.2) is 52.0 Å². The largest absolute Gasteiger partial charge is 0.461 e. The highest BCUT2D eigenvalue weighted by atomic mass is 32.2. The quantitative estimate of drug-likeness (QED) is 0.103. The number of Topliss-reactive ketones (excluding diaryl/α,β-unsaturated/α-hetero) is 1. The topological polar surface area (TPSA) is 130 Å². The van der Waals surface area contributed by atoms with Gasteiger partial charge in [0.1, 0.15) is 11.9 Å². The van der Waals surface area contributed by atoms with Crippen molar-refractivity contribution in [2.45, 2.75) is 76.9 Å². The first-order valence-corrected chi connectivity index (χ1v) is 17.0. The second-order valence-electron chi connectivity index (χ2n) is 13.9. The molecule has 4 aliphatic rings. The average Bonchev–Trinajstić information content (AvgIpc) is 3.38. The molecule has 240 valence electrons. The third-order valence-electron chi connectivity index (χ3n) is 11.6. The fourth-order valence-corrected chi connectivity index (χ4v) is 9.38. The number of hydrogen-bond donors (Lipinski definition) is 3. The van der Waals surface area contributed by atoms with Crippen molar-refractivity contribution in [1.29, 1.82) is 0 Å². The summed E-state index contributed by atoms with van der Waals surface area (Å²) in [4.78, 5) is 30.0. The van der Waals surface area contributed by atoms with Crippen molar-refractivity contribution in [3.8, 4) is 0 Å². The molecule has 1 saturated heterocycles. The fourth-order valence-electron chi connectivity index (χ4n) is 8.63. The summed E-state index contributed by atoms with van der Waals surface area (Å²) in [6.45, 7) is 15.9. The zero-order valence-electron chi connectivity index (χ0n) is 26.6. The number of nitrogens with zero attached hydrogens (tertiary/aromatic N) is 3. The van der Waals surface area contributed by atoms with E-state index in [4.69, 9.17) is 10.5 Å². The van der Waals surface area contributed by atoms with Crippen LogP contribution in [-0.4, -0.2) is 78.1 Å². The molecule has 9 nitrogen and oxygen atoms in total. The van der Waals surface area contributed by atoms with Crippen LogP contribution in [0.1, 0.15) is 65.4 Å². The van der Waals surface area contributed by atoms with E-state index in [1.165, 1.54) is 11.8 Å². The predicted molar refractivity (Wildman–Crippen MR) is 175 cm³/mol. The Morgan fingerprint density at radius 1 is 1.27 bits per heavy atom. The highest BCUT2D eigenvalue weighted by Gasteiger charge is 2.68. The van der Waals surface area contributed by atoms with Crippen molar-refractivity contribution in [1.82, 2.24) is 10.2 Å². The lowest BCUT2D eigenvalue weighted by Crippen LogP contribution is -2.63. The van der Waals surface area contributed by atoms with E-state index in [-0.39, 0.29) is 40.7 Å². The minimum absolute atomic E-state index is 0.0546. The van der Waals surface area contributed by atoms with Gasteiger partial charge in [-0.3, -0.25) is 9.59 Å². The van der Waals surface area contributed by atoms with Gasteiger partial charge in [0.05, 0.1) is 18.1 Å². The second kappa shape index (κ2) is 13.0. The molecule has 0 spiro atoms. The molecule has 3 aliphatic carbocycles. The molecule has 1 aromatic rings. The van der Waals surface area contributed by atoms with Gasteiger partial charge in [-0.25, -0.2) is 0 Å². The number of aliphatic hydroxyl groups excluding tert-OH is 1. The van der Waals surface area contributed by atoms with E-state index >= 15 is 0 Å². The van der Waals surface area contributed by atoms with E-state index in [0.717, 1.165) is 55.9 Å². The highest BCUT2D eigenvalue weighted by molar-refractivity contribution is 8.00. The van der Waals surface area contributed by atoms with Crippen LogP contribution in [0.5, 0.6) is 0 Å². The molecule has 4 N–H and O–H groups in total. The molecular formula is C34H49N5O4S. The summed E-state index contributed by atoms with van der Waals surface area (Å²) in [5.74, 6) is 0.373. The summed E-state index contributed by atoms with van der Waals surface area (Å²) < 4.78 is 6.38. The third-order valence-corrected chi connectivity index (χ3v) is 12.6. The number of esters is 1. The summed E-state index contributed by atoms with van der Waals surface area (Å²) in [5.41, 5.74) is 5.48. The molecule has 1 aliphatic heterocycles. The molecule has 1 heterocycles. The van der Waals surface area contributed by atoms with Crippen LogP contribution in [-0.2, 0) is 14.3 Å². The van der Waals surface area contributed by atoms with E-state index in [0.29, 0.717) is 18.8 Å². The molecule has 4 fully saturated rings. The van der Waals surface area contributed by atoms with Gasteiger partial charge in [0, 0.05) is 54.2 Å². The minimum atomic E-state index is -0.678. The van der Waals surface area contributed by atoms with Crippen molar-refractivity contribution < 1.29 is 19.4 Å². The van der Waals surface area contributed by atoms with Crippen molar-refractivity contribution in [3.63, 3.8) is 0 Å². The zero-order valence-corrected chi connectivity index (χ0v) is 27.4. The number of ketones is 1. The molecule has 3 unspecified atom stereocenters. The Balaban J connectivity index is 1.31. The van der Waals surface area contributed by atoms with Crippen molar-refractivity contribution >= 4 is 35.7 Å². The lowest BCUT2D eigenvalue weighted by atomic mass is 9.44. The molecule has 3 saturated carbocycles. The maximum atomic E-state index is 13.6. The van der Waals surface area contributed by atoms with E-state index < -0.39 is 23.0 Å². The van der Waals surface area contributed by atoms with Gasteiger partial charge < -0.3 is 25.8 Å². The Labute approximate surface area is 266 Å². The van der Waals surface area contributed by atoms with Gasteiger partial charge in [-0.05, 0) is 60.6 Å². The molecule has 5 rings (SSSR count). The van der Waals surface area contributed by atoms with Gasteiger partial charge in [-0.15, -0.1) is 23.4 Å². The number of carbonyl (C=O) groups is 2. The van der Waals surface area contributed by atoms with Gasteiger partial charge in [0.2, 0.25) is 5.96 Å². The lowest BCUT2D eigenvalue weighted by molar-refractivity contribution is -0.205. The molecule has 2 bridgehead atoms. The summed E-state index contributed by atoms with van der Waals surface area (Å²) in [6.07, 6.45) is 5.90. The Bertz CT molecular complexity index is 1310. The normalized spacial score (nSPS) is 37.8. The van der Waals surface area contributed by atoms with Crippen LogP contribution in [0, 0.1) is 34.0 Å². The number of thioether (sulfide) groups is 1. The van der Waals surface area contributed by atoms with Gasteiger partial charge in [-0.1, -0.05) is 45.9 Å². The predicted octanol–water partition coefficient (Wildman–Crippen LogP) is 4.24. The molecule has 0 amide bonds. The SMILES string of the molecule is C=C[C@]1(C)C[C@@H](OC(=O)CSc2cccc(/C=N/N=C(/N)N3CCNCC3)c2)[C@]2(C)C(C)CCC3(CCC(=O)C32)[C@@H](C)[C@@H]1O. The van der Waals surface area contributed by atoms with Crippen LogP contribution in [0.3, 0.4) is 0 Å². The Morgan fingerprint density at radius 3 is 2.75 bits per heavy atom. The smallest absolute Gasteiger partial charge is 0.316 e. The number of piperazine rings is 1. The molecule has 0 aromatic heterocycles. The Morgan fingerprint density at radius 2 is 2.02 bits per heavy atom. The minimum Gasteiger partial charge on any atom is -0.461 e.